The first-order valence-electron chi connectivity index (χ1n) is 4.15. The summed E-state index contributed by atoms with van der Waals surface area (Å²) in [6.45, 7) is 5.89. The third kappa shape index (κ3) is 2.54. The molecular weight excluding hydrogens is 170 g/mol. The lowest BCUT2D eigenvalue weighted by Gasteiger charge is -2.23. The second-order valence-corrected chi connectivity index (χ2v) is 3.48. The topological polar surface area (TPSA) is 68.0 Å². The first-order chi connectivity index (χ1) is 6.05. The van der Waals surface area contributed by atoms with Crippen LogP contribution < -0.4 is 5.32 Å². The highest BCUT2D eigenvalue weighted by Gasteiger charge is 2.20. The minimum atomic E-state index is -0.256. The summed E-state index contributed by atoms with van der Waals surface area (Å²) in [5.74, 6) is -0.256. The van der Waals surface area contributed by atoms with E-state index in [-0.39, 0.29) is 17.1 Å². The van der Waals surface area contributed by atoms with Crippen molar-refractivity contribution in [2.45, 2.75) is 32.7 Å². The van der Waals surface area contributed by atoms with Gasteiger partial charge in [0.15, 0.2) is 5.69 Å². The van der Waals surface area contributed by atoms with E-state index in [1.54, 1.807) is 0 Å². The highest BCUT2D eigenvalue weighted by atomic mass is 16.6. The number of hydrogen-bond donors (Lipinski definition) is 1. The molecule has 1 amide bonds. The molecule has 5 heteroatoms. The number of rotatable bonds is 3. The van der Waals surface area contributed by atoms with Gasteiger partial charge in [-0.3, -0.25) is 4.79 Å². The Kier molecular flexibility index (Phi) is 2.65. The number of carbonyl (C=O) groups excluding carboxylic acids is 1. The van der Waals surface area contributed by atoms with Gasteiger partial charge in [0.2, 0.25) is 0 Å². The van der Waals surface area contributed by atoms with E-state index in [4.69, 9.17) is 0 Å². The summed E-state index contributed by atoms with van der Waals surface area (Å²) in [5, 5.41) is 9.60. The average Bonchev–Trinajstić information content (AvgIpc) is 2.55. The van der Waals surface area contributed by atoms with Gasteiger partial charge in [0.25, 0.3) is 5.91 Å². The van der Waals surface area contributed by atoms with Gasteiger partial charge in [-0.05, 0) is 25.4 Å². The van der Waals surface area contributed by atoms with Gasteiger partial charge in [-0.15, -0.1) is 0 Å². The van der Waals surface area contributed by atoms with Crippen molar-refractivity contribution in [3.63, 3.8) is 0 Å². The van der Waals surface area contributed by atoms with Crippen LogP contribution in [0.3, 0.4) is 0 Å². The highest BCUT2D eigenvalue weighted by Crippen LogP contribution is 2.07. The maximum Gasteiger partial charge on any atom is 0.275 e. The van der Waals surface area contributed by atoms with Crippen LogP contribution in [0.25, 0.3) is 0 Å². The summed E-state index contributed by atoms with van der Waals surface area (Å²) < 4.78 is 4.32. The van der Waals surface area contributed by atoms with E-state index in [1.165, 1.54) is 6.20 Å². The average molecular weight is 183 g/mol. The van der Waals surface area contributed by atoms with Crippen molar-refractivity contribution < 1.29 is 9.42 Å². The van der Waals surface area contributed by atoms with Gasteiger partial charge < -0.3 is 5.32 Å². The number of nitrogens with zero attached hydrogens (tertiary/aromatic N) is 2. The van der Waals surface area contributed by atoms with Crippen molar-refractivity contribution >= 4 is 5.91 Å². The molecule has 0 fully saturated rings. The Labute approximate surface area is 76.5 Å². The van der Waals surface area contributed by atoms with Crippen LogP contribution in [-0.2, 0) is 0 Å². The van der Waals surface area contributed by atoms with Gasteiger partial charge in [-0.2, -0.15) is 0 Å². The first kappa shape index (κ1) is 9.70. The molecular formula is C8H13N3O2. The van der Waals surface area contributed by atoms with Crippen LogP contribution in [0.5, 0.6) is 0 Å². The standard InChI is InChI=1S/C8H13N3O2/c1-4-8(2,3)10-7(12)6-5-9-13-11-6/h5H,4H2,1-3H3,(H,10,12). The molecule has 0 radical (unpaired) electrons. The van der Waals surface area contributed by atoms with Crippen LogP contribution >= 0.6 is 0 Å². The second-order valence-electron chi connectivity index (χ2n) is 3.48. The monoisotopic (exact) mass is 183 g/mol. The lowest BCUT2D eigenvalue weighted by Crippen LogP contribution is -2.42. The van der Waals surface area contributed by atoms with E-state index in [2.05, 4.69) is 20.3 Å². The maximum absolute atomic E-state index is 11.4. The van der Waals surface area contributed by atoms with E-state index in [0.29, 0.717) is 0 Å². The molecule has 5 nitrogen and oxygen atoms in total. The fraction of sp³-hybridized carbons (Fsp3) is 0.625. The Morgan fingerprint density at radius 2 is 2.38 bits per heavy atom. The lowest BCUT2D eigenvalue weighted by atomic mass is 10.0. The SMILES string of the molecule is CCC(C)(C)NC(=O)c1cnon1. The van der Waals surface area contributed by atoms with Gasteiger partial charge in [0.05, 0.1) is 0 Å². The van der Waals surface area contributed by atoms with Crippen LogP contribution in [-0.4, -0.2) is 21.8 Å². The fourth-order valence-corrected chi connectivity index (χ4v) is 0.724. The number of hydrogen-bond acceptors (Lipinski definition) is 4. The number of carbonyl (C=O) groups is 1. The predicted molar refractivity (Wildman–Crippen MR) is 46.1 cm³/mol. The quantitative estimate of drug-likeness (QED) is 0.758. The van der Waals surface area contributed by atoms with Crippen LogP contribution in [0.15, 0.2) is 10.8 Å². The molecule has 1 heterocycles. The zero-order chi connectivity index (χ0) is 9.90. The summed E-state index contributed by atoms with van der Waals surface area (Å²) in [5.41, 5.74) is -0.0164. The molecule has 1 N–H and O–H groups in total. The molecule has 0 aromatic carbocycles. The van der Waals surface area contributed by atoms with Crippen molar-refractivity contribution in [1.29, 1.82) is 0 Å². The van der Waals surface area contributed by atoms with Crippen LogP contribution in [0, 0.1) is 0 Å². The van der Waals surface area contributed by atoms with E-state index in [1.807, 2.05) is 20.8 Å². The normalized spacial score (nSPS) is 11.3. The van der Waals surface area contributed by atoms with Gasteiger partial charge >= 0.3 is 0 Å². The minimum absolute atomic E-state index is 0.210. The molecule has 0 atom stereocenters. The van der Waals surface area contributed by atoms with Gasteiger partial charge in [0, 0.05) is 5.54 Å². The number of nitrogens with one attached hydrogen (secondary N) is 1. The van der Waals surface area contributed by atoms with Gasteiger partial charge in [0.1, 0.15) is 6.20 Å². The fourth-order valence-electron chi connectivity index (χ4n) is 0.724. The van der Waals surface area contributed by atoms with Crippen molar-refractivity contribution in [3.8, 4) is 0 Å². The largest absolute Gasteiger partial charge is 0.346 e. The maximum atomic E-state index is 11.4. The molecule has 0 aliphatic rings. The zero-order valence-corrected chi connectivity index (χ0v) is 8.00. The van der Waals surface area contributed by atoms with E-state index in [9.17, 15) is 4.79 Å². The molecule has 0 saturated carbocycles. The molecule has 1 aromatic heterocycles. The Morgan fingerprint density at radius 3 is 2.85 bits per heavy atom. The zero-order valence-electron chi connectivity index (χ0n) is 8.00. The third-order valence-electron chi connectivity index (χ3n) is 1.93. The molecule has 0 aliphatic heterocycles. The van der Waals surface area contributed by atoms with Crippen LogP contribution in [0.2, 0.25) is 0 Å². The van der Waals surface area contributed by atoms with E-state index < -0.39 is 0 Å². The van der Waals surface area contributed by atoms with Crippen LogP contribution in [0.4, 0.5) is 0 Å². The molecule has 72 valence electrons. The van der Waals surface area contributed by atoms with E-state index in [0.717, 1.165) is 6.42 Å². The van der Waals surface area contributed by atoms with E-state index >= 15 is 0 Å². The lowest BCUT2D eigenvalue weighted by molar-refractivity contribution is 0.0901. The molecule has 0 bridgehead atoms. The molecule has 0 aliphatic carbocycles. The Balaban J connectivity index is 2.61. The third-order valence-corrected chi connectivity index (χ3v) is 1.93. The van der Waals surface area contributed by atoms with Gasteiger partial charge in [-0.1, -0.05) is 12.1 Å². The van der Waals surface area contributed by atoms with Gasteiger partial charge in [-0.25, -0.2) is 4.63 Å². The number of amides is 1. The minimum Gasteiger partial charge on any atom is -0.346 e. The number of aromatic nitrogens is 2. The Morgan fingerprint density at radius 1 is 1.69 bits per heavy atom. The molecule has 0 saturated heterocycles. The summed E-state index contributed by atoms with van der Waals surface area (Å²) in [6.07, 6.45) is 2.14. The molecule has 0 spiro atoms. The summed E-state index contributed by atoms with van der Waals surface area (Å²) in [6, 6.07) is 0. The van der Waals surface area contributed by atoms with Crippen molar-refractivity contribution in [2.24, 2.45) is 0 Å². The summed E-state index contributed by atoms with van der Waals surface area (Å²) >= 11 is 0. The predicted octanol–water partition coefficient (Wildman–Crippen LogP) is 0.988. The molecule has 13 heavy (non-hydrogen) atoms. The van der Waals surface area contributed by atoms with Crippen molar-refractivity contribution in [1.82, 2.24) is 15.6 Å². The molecule has 1 aromatic rings. The van der Waals surface area contributed by atoms with Crippen LogP contribution in [0.1, 0.15) is 37.7 Å². The summed E-state index contributed by atoms with van der Waals surface area (Å²) in [4.78, 5) is 11.4. The molecule has 1 rings (SSSR count). The highest BCUT2D eigenvalue weighted by molar-refractivity contribution is 5.92. The van der Waals surface area contributed by atoms with Crippen molar-refractivity contribution in [2.75, 3.05) is 0 Å². The Hall–Kier alpha value is -1.39. The smallest absolute Gasteiger partial charge is 0.275 e. The van der Waals surface area contributed by atoms with Crippen molar-refractivity contribution in [3.05, 3.63) is 11.9 Å². The second kappa shape index (κ2) is 3.55. The first-order valence-corrected chi connectivity index (χ1v) is 4.15. The Bertz CT molecular complexity index is 280. The molecule has 0 unspecified atom stereocenters. The summed E-state index contributed by atoms with van der Waals surface area (Å²) in [7, 11) is 0.